The van der Waals surface area contributed by atoms with Crippen molar-refractivity contribution in [3.05, 3.63) is 71.6 Å². The van der Waals surface area contributed by atoms with Crippen LogP contribution in [0.2, 0.25) is 0 Å². The van der Waals surface area contributed by atoms with Gasteiger partial charge in [-0.05, 0) is 60.2 Å². The average Bonchev–Trinajstić information content (AvgIpc) is 3.28. The molecule has 0 aliphatic rings. The summed E-state index contributed by atoms with van der Waals surface area (Å²) in [5.74, 6) is 5.52. The standard InChI is InChI=1S/C24H22O3S2/c1-3-5-16-27-20-12-14-21(15-13-20)29-24(4-2,23(25)26)19-10-8-18(9-11-19)22-7-6-17-28-22/h6-15,17H,4,16H2,1-2H3,(H,25,26). The van der Waals surface area contributed by atoms with Crippen LogP contribution in [0.4, 0.5) is 0 Å². The van der Waals surface area contributed by atoms with Gasteiger partial charge in [-0.1, -0.05) is 43.2 Å². The van der Waals surface area contributed by atoms with Crippen LogP contribution in [0.3, 0.4) is 0 Å². The third kappa shape index (κ3) is 4.84. The molecule has 3 aromatic rings. The zero-order valence-corrected chi connectivity index (χ0v) is 18.0. The summed E-state index contributed by atoms with van der Waals surface area (Å²) in [5.41, 5.74) is 1.89. The monoisotopic (exact) mass is 422 g/mol. The van der Waals surface area contributed by atoms with Gasteiger partial charge in [0.25, 0.3) is 0 Å². The van der Waals surface area contributed by atoms with Crippen LogP contribution in [0.15, 0.2) is 70.9 Å². The van der Waals surface area contributed by atoms with Gasteiger partial charge >= 0.3 is 5.97 Å². The van der Waals surface area contributed by atoms with Gasteiger partial charge < -0.3 is 9.84 Å². The lowest BCUT2D eigenvalue weighted by Crippen LogP contribution is -2.31. The molecule has 1 heterocycles. The van der Waals surface area contributed by atoms with Gasteiger partial charge in [-0.25, -0.2) is 0 Å². The Balaban J connectivity index is 1.85. The van der Waals surface area contributed by atoms with E-state index in [1.54, 1.807) is 18.3 Å². The molecule has 148 valence electrons. The minimum Gasteiger partial charge on any atom is -0.481 e. The lowest BCUT2D eigenvalue weighted by Gasteiger charge is -2.28. The fourth-order valence-corrected chi connectivity index (χ4v) is 4.89. The van der Waals surface area contributed by atoms with Crippen LogP contribution in [0.5, 0.6) is 5.75 Å². The van der Waals surface area contributed by atoms with Crippen molar-refractivity contribution in [2.75, 3.05) is 6.61 Å². The SMILES string of the molecule is CC#CCOc1ccc(SC(CC)(C(=O)O)c2ccc(-c3cccs3)cc2)cc1. The Bertz CT molecular complexity index is 997. The molecule has 0 saturated heterocycles. The van der Waals surface area contributed by atoms with E-state index >= 15 is 0 Å². The van der Waals surface area contributed by atoms with E-state index in [1.165, 1.54) is 16.6 Å². The smallest absolute Gasteiger partial charge is 0.324 e. The number of rotatable bonds is 8. The topological polar surface area (TPSA) is 46.5 Å². The van der Waals surface area contributed by atoms with Crippen molar-refractivity contribution in [3.8, 4) is 28.0 Å². The van der Waals surface area contributed by atoms with Crippen LogP contribution in [-0.4, -0.2) is 17.7 Å². The van der Waals surface area contributed by atoms with Crippen LogP contribution in [-0.2, 0) is 9.54 Å². The van der Waals surface area contributed by atoms with Crippen LogP contribution in [0.25, 0.3) is 10.4 Å². The van der Waals surface area contributed by atoms with Crippen LogP contribution < -0.4 is 4.74 Å². The summed E-state index contributed by atoms with van der Waals surface area (Å²) in [4.78, 5) is 14.4. The fraction of sp³-hybridized carbons (Fsp3) is 0.208. The van der Waals surface area contributed by atoms with Crippen molar-refractivity contribution in [1.82, 2.24) is 0 Å². The van der Waals surface area contributed by atoms with Gasteiger partial charge in [0.1, 0.15) is 17.1 Å². The Morgan fingerprint density at radius 1 is 1.14 bits per heavy atom. The molecule has 3 rings (SSSR count). The number of thioether (sulfide) groups is 1. The molecule has 0 fully saturated rings. The van der Waals surface area contributed by atoms with Crippen LogP contribution in [0.1, 0.15) is 25.8 Å². The number of benzene rings is 2. The van der Waals surface area contributed by atoms with E-state index in [0.717, 1.165) is 21.8 Å². The maximum Gasteiger partial charge on any atom is 0.324 e. The van der Waals surface area contributed by atoms with E-state index in [1.807, 2.05) is 66.9 Å². The minimum atomic E-state index is -1.05. The summed E-state index contributed by atoms with van der Waals surface area (Å²) in [5, 5.41) is 12.2. The molecule has 0 aliphatic heterocycles. The van der Waals surface area contributed by atoms with Gasteiger partial charge in [0.2, 0.25) is 0 Å². The molecule has 1 aromatic heterocycles. The molecule has 0 aliphatic carbocycles. The Hall–Kier alpha value is -2.68. The Morgan fingerprint density at radius 3 is 2.41 bits per heavy atom. The first-order chi connectivity index (χ1) is 14.1. The zero-order chi connectivity index (χ0) is 20.7. The van der Waals surface area contributed by atoms with Crippen molar-refractivity contribution in [1.29, 1.82) is 0 Å². The number of hydrogen-bond donors (Lipinski definition) is 1. The summed E-state index contributed by atoms with van der Waals surface area (Å²) in [6.07, 6.45) is 0.468. The number of aliphatic carboxylic acids is 1. The van der Waals surface area contributed by atoms with Crippen molar-refractivity contribution >= 4 is 29.1 Å². The molecule has 0 radical (unpaired) electrons. The number of carbonyl (C=O) groups is 1. The fourth-order valence-electron chi connectivity index (χ4n) is 3.00. The lowest BCUT2D eigenvalue weighted by atomic mass is 9.94. The van der Waals surface area contributed by atoms with E-state index in [2.05, 4.69) is 17.9 Å². The molecule has 0 amide bonds. The molecule has 2 aromatic carbocycles. The second-order valence-corrected chi connectivity index (χ2v) is 8.65. The van der Waals surface area contributed by atoms with E-state index < -0.39 is 10.7 Å². The first kappa shape index (κ1) is 21.0. The molecule has 5 heteroatoms. The van der Waals surface area contributed by atoms with Gasteiger partial charge in [-0.2, -0.15) is 0 Å². The quantitative estimate of drug-likeness (QED) is 0.342. The number of carboxylic acids is 1. The van der Waals surface area contributed by atoms with E-state index in [0.29, 0.717) is 13.0 Å². The van der Waals surface area contributed by atoms with Gasteiger partial charge in [-0.15, -0.1) is 29.0 Å². The predicted molar refractivity (Wildman–Crippen MR) is 121 cm³/mol. The first-order valence-electron chi connectivity index (χ1n) is 9.28. The summed E-state index contributed by atoms with van der Waals surface area (Å²) in [6.45, 7) is 4.02. The van der Waals surface area contributed by atoms with Gasteiger partial charge in [0.15, 0.2) is 0 Å². The maximum atomic E-state index is 12.4. The zero-order valence-electron chi connectivity index (χ0n) is 16.3. The van der Waals surface area contributed by atoms with Crippen molar-refractivity contribution in [2.24, 2.45) is 0 Å². The summed E-state index contributed by atoms with van der Waals surface area (Å²) >= 11 is 3.03. The average molecular weight is 423 g/mol. The Kier molecular flexibility index (Phi) is 7.03. The molecule has 1 N–H and O–H groups in total. The van der Waals surface area contributed by atoms with Crippen molar-refractivity contribution < 1.29 is 14.6 Å². The minimum absolute atomic E-state index is 0.341. The normalized spacial score (nSPS) is 12.5. The van der Waals surface area contributed by atoms with Crippen molar-refractivity contribution in [3.63, 3.8) is 0 Å². The molecular weight excluding hydrogens is 400 g/mol. The maximum absolute atomic E-state index is 12.4. The highest BCUT2D eigenvalue weighted by molar-refractivity contribution is 8.01. The van der Waals surface area contributed by atoms with E-state index in [-0.39, 0.29) is 0 Å². The highest BCUT2D eigenvalue weighted by atomic mass is 32.2. The number of ether oxygens (including phenoxy) is 1. The summed E-state index contributed by atoms with van der Waals surface area (Å²) < 4.78 is 4.49. The van der Waals surface area contributed by atoms with Gasteiger partial charge in [0.05, 0.1) is 0 Å². The Morgan fingerprint density at radius 2 is 1.86 bits per heavy atom. The number of carboxylic acid groups (broad SMARTS) is 1. The highest BCUT2D eigenvalue weighted by Crippen LogP contribution is 2.45. The van der Waals surface area contributed by atoms with Crippen molar-refractivity contribution in [2.45, 2.75) is 29.9 Å². The molecule has 0 bridgehead atoms. The third-order valence-corrected chi connectivity index (χ3v) is 7.08. The molecule has 1 atom stereocenters. The Labute approximate surface area is 179 Å². The third-order valence-electron chi connectivity index (χ3n) is 4.60. The molecule has 29 heavy (non-hydrogen) atoms. The molecule has 1 unspecified atom stereocenters. The molecule has 0 spiro atoms. The van der Waals surface area contributed by atoms with Gasteiger partial charge in [0, 0.05) is 9.77 Å². The first-order valence-corrected chi connectivity index (χ1v) is 11.0. The van der Waals surface area contributed by atoms with Crippen LogP contribution in [0, 0.1) is 11.8 Å². The van der Waals surface area contributed by atoms with Crippen LogP contribution >= 0.6 is 23.1 Å². The molecule has 0 saturated carbocycles. The molecule has 3 nitrogen and oxygen atoms in total. The molecular formula is C24H22O3S2. The lowest BCUT2D eigenvalue weighted by molar-refractivity contribution is -0.140. The summed E-state index contributed by atoms with van der Waals surface area (Å²) in [7, 11) is 0. The summed E-state index contributed by atoms with van der Waals surface area (Å²) in [6, 6.07) is 19.4. The predicted octanol–water partition coefficient (Wildman–Crippen LogP) is 6.30. The second kappa shape index (κ2) is 9.69. The van der Waals surface area contributed by atoms with Gasteiger partial charge in [-0.3, -0.25) is 4.79 Å². The van der Waals surface area contributed by atoms with E-state index in [4.69, 9.17) is 4.74 Å². The largest absolute Gasteiger partial charge is 0.481 e. The highest BCUT2D eigenvalue weighted by Gasteiger charge is 2.40. The second-order valence-electron chi connectivity index (χ2n) is 6.33. The number of hydrogen-bond acceptors (Lipinski definition) is 4. The van der Waals surface area contributed by atoms with E-state index in [9.17, 15) is 9.90 Å². The number of thiophene rings is 1.